The molecule has 0 radical (unpaired) electrons. The molecule has 0 aliphatic heterocycles. The third kappa shape index (κ3) is 6.36. The van der Waals surface area contributed by atoms with Crippen molar-refractivity contribution >= 4 is 5.97 Å². The number of hydrogen-bond acceptors (Lipinski definition) is 5. The van der Waals surface area contributed by atoms with Gasteiger partial charge in [0.2, 0.25) is 0 Å². The van der Waals surface area contributed by atoms with Crippen LogP contribution in [0.15, 0.2) is 78.9 Å². The maximum absolute atomic E-state index is 11.9. The number of rotatable bonds is 10. The lowest BCUT2D eigenvalue weighted by molar-refractivity contribution is -0.144. The molecule has 0 saturated heterocycles. The van der Waals surface area contributed by atoms with E-state index in [0.29, 0.717) is 37.7 Å². The minimum Gasteiger partial charge on any atom is -0.485 e. The molecule has 0 spiro atoms. The van der Waals surface area contributed by atoms with Crippen molar-refractivity contribution in [2.24, 2.45) is 5.73 Å². The summed E-state index contributed by atoms with van der Waals surface area (Å²) in [6.07, 6.45) is 0.361. The number of hydrogen-bond donors (Lipinski definition) is 1. The smallest absolute Gasteiger partial charge is 0.323 e. The van der Waals surface area contributed by atoms with Gasteiger partial charge < -0.3 is 19.9 Å². The summed E-state index contributed by atoms with van der Waals surface area (Å²) in [5.74, 6) is 0.847. The van der Waals surface area contributed by atoms with E-state index in [4.69, 9.17) is 19.9 Å². The zero-order valence-electron chi connectivity index (χ0n) is 17.1. The first kappa shape index (κ1) is 21.4. The molecule has 1 atom stereocenters. The Hall–Kier alpha value is -3.31. The van der Waals surface area contributed by atoms with Crippen LogP contribution in [0.5, 0.6) is 11.5 Å². The van der Waals surface area contributed by atoms with Crippen molar-refractivity contribution < 1.29 is 19.0 Å². The molecule has 0 aliphatic rings. The summed E-state index contributed by atoms with van der Waals surface area (Å²) in [4.78, 5) is 11.9. The highest BCUT2D eigenvalue weighted by molar-refractivity contribution is 5.75. The molecule has 2 N–H and O–H groups in total. The van der Waals surface area contributed by atoms with Crippen LogP contribution < -0.4 is 15.2 Å². The van der Waals surface area contributed by atoms with Gasteiger partial charge in [-0.3, -0.25) is 4.79 Å². The van der Waals surface area contributed by atoms with E-state index in [1.165, 1.54) is 0 Å². The quantitative estimate of drug-likeness (QED) is 0.510. The highest BCUT2D eigenvalue weighted by atomic mass is 16.5. The van der Waals surface area contributed by atoms with Gasteiger partial charge in [0.25, 0.3) is 0 Å². The van der Waals surface area contributed by atoms with Crippen LogP contribution in [0, 0.1) is 0 Å². The molecule has 30 heavy (non-hydrogen) atoms. The van der Waals surface area contributed by atoms with Crippen LogP contribution >= 0.6 is 0 Å². The fraction of sp³-hybridized carbons (Fsp3) is 0.240. The van der Waals surface area contributed by atoms with Gasteiger partial charge in [-0.1, -0.05) is 66.7 Å². The van der Waals surface area contributed by atoms with Crippen LogP contribution in [0.1, 0.15) is 23.6 Å². The van der Waals surface area contributed by atoms with E-state index in [2.05, 4.69) is 0 Å². The number of carbonyl (C=O) groups excluding carboxylic acids is 1. The predicted molar refractivity (Wildman–Crippen MR) is 116 cm³/mol. The van der Waals surface area contributed by atoms with E-state index in [1.54, 1.807) is 6.92 Å². The first-order valence-corrected chi connectivity index (χ1v) is 10.0. The SMILES string of the molecule is CCOC(=O)C(N)Cc1ccc(OCc2ccccc2)c(OCc2ccccc2)c1. The number of nitrogens with two attached hydrogens (primary N) is 1. The Kier molecular flexibility index (Phi) is 7.86. The van der Waals surface area contributed by atoms with Crippen molar-refractivity contribution in [1.29, 1.82) is 0 Å². The van der Waals surface area contributed by atoms with Crippen molar-refractivity contribution in [3.63, 3.8) is 0 Å². The first-order chi connectivity index (χ1) is 14.7. The molecule has 0 heterocycles. The third-order valence-corrected chi connectivity index (χ3v) is 4.53. The molecule has 0 saturated carbocycles. The average Bonchev–Trinajstić information content (AvgIpc) is 2.78. The van der Waals surface area contributed by atoms with E-state index in [0.717, 1.165) is 16.7 Å². The maximum atomic E-state index is 11.9. The standard InChI is InChI=1S/C25H27NO4/c1-2-28-25(27)22(26)15-21-13-14-23(29-17-19-9-5-3-6-10-19)24(16-21)30-18-20-11-7-4-8-12-20/h3-14,16,22H,2,15,17-18,26H2,1H3. The van der Waals surface area contributed by atoms with Crippen LogP contribution in [0.2, 0.25) is 0 Å². The van der Waals surface area contributed by atoms with Gasteiger partial charge >= 0.3 is 5.97 Å². The van der Waals surface area contributed by atoms with E-state index < -0.39 is 12.0 Å². The van der Waals surface area contributed by atoms with Crippen molar-refractivity contribution in [2.75, 3.05) is 6.61 Å². The summed E-state index contributed by atoms with van der Waals surface area (Å²) in [5.41, 5.74) is 8.98. The summed E-state index contributed by atoms with van der Waals surface area (Å²) >= 11 is 0. The molecule has 0 fully saturated rings. The van der Waals surface area contributed by atoms with E-state index >= 15 is 0 Å². The second kappa shape index (κ2) is 11.0. The Morgan fingerprint density at radius 1 is 0.800 bits per heavy atom. The number of ether oxygens (including phenoxy) is 3. The molecule has 3 aromatic rings. The van der Waals surface area contributed by atoms with Gasteiger partial charge in [-0.2, -0.15) is 0 Å². The molecule has 1 unspecified atom stereocenters. The van der Waals surface area contributed by atoms with Gasteiger partial charge in [0, 0.05) is 0 Å². The van der Waals surface area contributed by atoms with Crippen LogP contribution in [0.25, 0.3) is 0 Å². The third-order valence-electron chi connectivity index (χ3n) is 4.53. The average molecular weight is 405 g/mol. The van der Waals surface area contributed by atoms with Crippen LogP contribution in [0.4, 0.5) is 0 Å². The van der Waals surface area contributed by atoms with Crippen LogP contribution in [-0.4, -0.2) is 18.6 Å². The lowest BCUT2D eigenvalue weighted by Crippen LogP contribution is -2.34. The Bertz CT molecular complexity index is 928. The van der Waals surface area contributed by atoms with Crippen molar-refractivity contribution in [2.45, 2.75) is 32.6 Å². The zero-order chi connectivity index (χ0) is 21.2. The number of esters is 1. The van der Waals surface area contributed by atoms with Crippen molar-refractivity contribution in [1.82, 2.24) is 0 Å². The van der Waals surface area contributed by atoms with Crippen molar-refractivity contribution in [3.8, 4) is 11.5 Å². The Morgan fingerprint density at radius 2 is 1.37 bits per heavy atom. The summed E-state index contributed by atoms with van der Waals surface area (Å²) < 4.78 is 17.1. The van der Waals surface area contributed by atoms with E-state index in [1.807, 2.05) is 78.9 Å². The largest absolute Gasteiger partial charge is 0.485 e. The van der Waals surface area contributed by atoms with Gasteiger partial charge in [-0.15, -0.1) is 0 Å². The maximum Gasteiger partial charge on any atom is 0.323 e. The highest BCUT2D eigenvalue weighted by Crippen LogP contribution is 2.30. The van der Waals surface area contributed by atoms with Crippen LogP contribution in [-0.2, 0) is 29.2 Å². The summed E-state index contributed by atoms with van der Waals surface area (Å²) in [5, 5.41) is 0. The van der Waals surface area contributed by atoms with Gasteiger partial charge in [-0.25, -0.2) is 0 Å². The molecule has 3 rings (SSSR count). The normalized spacial score (nSPS) is 11.5. The zero-order valence-corrected chi connectivity index (χ0v) is 17.1. The second-order valence-electron chi connectivity index (χ2n) is 6.89. The van der Waals surface area contributed by atoms with E-state index in [9.17, 15) is 4.79 Å². The van der Waals surface area contributed by atoms with Gasteiger partial charge in [-0.05, 0) is 42.2 Å². The van der Waals surface area contributed by atoms with Crippen molar-refractivity contribution in [3.05, 3.63) is 95.6 Å². The summed E-state index contributed by atoms with van der Waals surface area (Å²) in [6.45, 7) is 2.92. The summed E-state index contributed by atoms with van der Waals surface area (Å²) in [7, 11) is 0. The molecule has 156 valence electrons. The van der Waals surface area contributed by atoms with Gasteiger partial charge in [0.05, 0.1) is 6.61 Å². The number of carbonyl (C=O) groups is 1. The Labute approximate surface area is 177 Å². The minimum absolute atomic E-state index is 0.310. The molecule has 0 bridgehead atoms. The highest BCUT2D eigenvalue weighted by Gasteiger charge is 2.17. The first-order valence-electron chi connectivity index (χ1n) is 10.0. The topological polar surface area (TPSA) is 70.8 Å². The Balaban J connectivity index is 1.75. The molecule has 3 aromatic carbocycles. The molecule has 0 aliphatic carbocycles. The van der Waals surface area contributed by atoms with Crippen LogP contribution in [0.3, 0.4) is 0 Å². The lowest BCUT2D eigenvalue weighted by Gasteiger charge is -2.16. The monoisotopic (exact) mass is 405 g/mol. The fourth-order valence-corrected chi connectivity index (χ4v) is 2.97. The molecule has 0 amide bonds. The molecular formula is C25H27NO4. The molecular weight excluding hydrogens is 378 g/mol. The van der Waals surface area contributed by atoms with Gasteiger partial charge in [0.1, 0.15) is 19.3 Å². The lowest BCUT2D eigenvalue weighted by atomic mass is 10.1. The van der Waals surface area contributed by atoms with Gasteiger partial charge in [0.15, 0.2) is 11.5 Å². The number of benzene rings is 3. The molecule has 5 nitrogen and oxygen atoms in total. The fourth-order valence-electron chi connectivity index (χ4n) is 2.97. The summed E-state index contributed by atoms with van der Waals surface area (Å²) in [6, 6.07) is 24.8. The molecule has 5 heteroatoms. The Morgan fingerprint density at radius 3 is 1.93 bits per heavy atom. The predicted octanol–water partition coefficient (Wildman–Crippen LogP) is 4.28. The minimum atomic E-state index is -0.719. The second-order valence-corrected chi connectivity index (χ2v) is 6.89. The van der Waals surface area contributed by atoms with E-state index in [-0.39, 0.29) is 0 Å². The molecule has 0 aromatic heterocycles.